The topological polar surface area (TPSA) is 49.4 Å². The second-order valence-electron chi connectivity index (χ2n) is 5.44. The summed E-state index contributed by atoms with van der Waals surface area (Å²) in [4.78, 5) is 25.7. The summed E-state index contributed by atoms with van der Waals surface area (Å²) in [6, 6.07) is 10.7. The molecule has 2 aromatic carbocycles. The second-order valence-corrected chi connectivity index (χ2v) is 5.84. The maximum Gasteiger partial charge on any atom is 0.256 e. The first-order valence-corrected chi connectivity index (χ1v) is 7.48. The minimum absolute atomic E-state index is 0.0434. The van der Waals surface area contributed by atoms with Crippen LogP contribution in [0.3, 0.4) is 0 Å². The van der Waals surface area contributed by atoms with Gasteiger partial charge in [0.15, 0.2) is 0 Å². The minimum atomic E-state index is -0.645. The van der Waals surface area contributed by atoms with Gasteiger partial charge < -0.3 is 5.32 Å². The first-order chi connectivity index (χ1) is 11.0. The van der Waals surface area contributed by atoms with Crippen LogP contribution in [0.25, 0.3) is 0 Å². The van der Waals surface area contributed by atoms with Crippen LogP contribution >= 0.6 is 11.6 Å². The Balaban J connectivity index is 1.83. The van der Waals surface area contributed by atoms with Crippen LogP contribution in [-0.2, 0) is 9.59 Å². The number of rotatable bonds is 3. The molecule has 2 aromatic rings. The molecule has 0 radical (unpaired) electrons. The minimum Gasteiger partial charge on any atom is -0.373 e. The van der Waals surface area contributed by atoms with Crippen LogP contribution in [0.2, 0.25) is 5.02 Å². The van der Waals surface area contributed by atoms with E-state index in [-0.39, 0.29) is 28.9 Å². The third-order valence-electron chi connectivity index (χ3n) is 3.67. The molecule has 4 nitrogen and oxygen atoms in total. The van der Waals surface area contributed by atoms with Gasteiger partial charge in [0.1, 0.15) is 11.9 Å². The number of anilines is 2. The fourth-order valence-corrected chi connectivity index (χ4v) is 2.75. The maximum absolute atomic E-state index is 13.2. The Hall–Kier alpha value is -2.40. The van der Waals surface area contributed by atoms with Gasteiger partial charge in [-0.25, -0.2) is 9.29 Å². The number of nitrogens with one attached hydrogen (secondary N) is 1. The van der Waals surface area contributed by atoms with Crippen LogP contribution in [0.4, 0.5) is 15.8 Å². The van der Waals surface area contributed by atoms with Crippen molar-refractivity contribution in [3.8, 4) is 0 Å². The van der Waals surface area contributed by atoms with Gasteiger partial charge in [-0.05, 0) is 42.8 Å². The second kappa shape index (κ2) is 6.01. The van der Waals surface area contributed by atoms with Gasteiger partial charge in [-0.1, -0.05) is 23.7 Å². The molecule has 0 saturated carbocycles. The summed E-state index contributed by atoms with van der Waals surface area (Å²) in [5.41, 5.74) is 2.10. The molecule has 23 heavy (non-hydrogen) atoms. The monoisotopic (exact) mass is 332 g/mol. The molecule has 1 heterocycles. The summed E-state index contributed by atoms with van der Waals surface area (Å²) in [6.07, 6.45) is 0.0434. The molecule has 2 amide bonds. The van der Waals surface area contributed by atoms with Gasteiger partial charge in [-0.2, -0.15) is 0 Å². The lowest BCUT2D eigenvalue weighted by molar-refractivity contribution is -0.121. The smallest absolute Gasteiger partial charge is 0.256 e. The van der Waals surface area contributed by atoms with Crippen LogP contribution in [-0.4, -0.2) is 17.9 Å². The number of halogens is 2. The highest BCUT2D eigenvalue weighted by atomic mass is 35.5. The van der Waals surface area contributed by atoms with Crippen molar-refractivity contribution in [3.05, 3.63) is 58.9 Å². The molecule has 1 atom stereocenters. The average Bonchev–Trinajstić information content (AvgIpc) is 2.77. The Morgan fingerprint density at radius 2 is 2.00 bits per heavy atom. The van der Waals surface area contributed by atoms with Crippen LogP contribution in [0.15, 0.2) is 42.5 Å². The molecule has 1 unspecified atom stereocenters. The van der Waals surface area contributed by atoms with Crippen molar-refractivity contribution in [3.63, 3.8) is 0 Å². The number of hydrogen-bond donors (Lipinski definition) is 1. The summed E-state index contributed by atoms with van der Waals surface area (Å²) < 4.78 is 13.2. The van der Waals surface area contributed by atoms with E-state index in [2.05, 4.69) is 5.32 Å². The predicted molar refractivity (Wildman–Crippen MR) is 87.1 cm³/mol. The SMILES string of the molecule is Cc1cccc(NC2CC(=O)N(c3ccc(F)c(Cl)c3)C2=O)c1. The van der Waals surface area contributed by atoms with Gasteiger partial charge in [0.05, 0.1) is 17.1 Å². The highest BCUT2D eigenvalue weighted by molar-refractivity contribution is 6.31. The number of imide groups is 1. The number of benzene rings is 2. The largest absolute Gasteiger partial charge is 0.373 e. The van der Waals surface area contributed by atoms with Crippen molar-refractivity contribution in [1.82, 2.24) is 0 Å². The third kappa shape index (κ3) is 3.05. The van der Waals surface area contributed by atoms with E-state index in [1.165, 1.54) is 12.1 Å². The predicted octanol–water partition coefficient (Wildman–Crippen LogP) is 3.53. The summed E-state index contributed by atoms with van der Waals surface area (Å²) in [5, 5.41) is 2.94. The van der Waals surface area contributed by atoms with Gasteiger partial charge in [0.2, 0.25) is 5.91 Å². The Bertz CT molecular complexity index is 794. The van der Waals surface area contributed by atoms with E-state index in [9.17, 15) is 14.0 Å². The van der Waals surface area contributed by atoms with E-state index in [1.807, 2.05) is 31.2 Å². The zero-order valence-corrected chi connectivity index (χ0v) is 13.1. The highest BCUT2D eigenvalue weighted by Crippen LogP contribution is 2.28. The molecule has 1 saturated heterocycles. The first kappa shape index (κ1) is 15.5. The quantitative estimate of drug-likeness (QED) is 0.875. The number of aryl methyl sites for hydroxylation is 1. The average molecular weight is 333 g/mol. The number of carbonyl (C=O) groups is 2. The van der Waals surface area contributed by atoms with Crippen LogP contribution in [0.1, 0.15) is 12.0 Å². The molecule has 118 valence electrons. The van der Waals surface area contributed by atoms with Crippen molar-refractivity contribution in [2.45, 2.75) is 19.4 Å². The molecular formula is C17H14ClFN2O2. The standard InChI is InChI=1S/C17H14ClFN2O2/c1-10-3-2-4-11(7-10)20-15-9-16(22)21(17(15)23)12-5-6-14(19)13(18)8-12/h2-8,15,20H,9H2,1H3. The van der Waals surface area contributed by atoms with Crippen LogP contribution in [0, 0.1) is 12.7 Å². The molecule has 0 spiro atoms. The van der Waals surface area contributed by atoms with E-state index in [0.29, 0.717) is 0 Å². The maximum atomic E-state index is 13.2. The molecule has 0 aliphatic carbocycles. The van der Waals surface area contributed by atoms with E-state index in [1.54, 1.807) is 0 Å². The lowest BCUT2D eigenvalue weighted by atomic mass is 10.2. The van der Waals surface area contributed by atoms with E-state index in [0.717, 1.165) is 22.2 Å². The molecule has 1 aliphatic rings. The Kier molecular flexibility index (Phi) is 4.05. The van der Waals surface area contributed by atoms with Crippen molar-refractivity contribution >= 4 is 34.8 Å². The summed E-state index contributed by atoms with van der Waals surface area (Å²) in [7, 11) is 0. The van der Waals surface area contributed by atoms with Crippen molar-refractivity contribution in [1.29, 1.82) is 0 Å². The molecule has 1 N–H and O–H groups in total. The molecular weight excluding hydrogens is 319 g/mol. The highest BCUT2D eigenvalue weighted by Gasteiger charge is 2.39. The fourth-order valence-electron chi connectivity index (χ4n) is 2.58. The van der Waals surface area contributed by atoms with Gasteiger partial charge in [-0.3, -0.25) is 9.59 Å². The van der Waals surface area contributed by atoms with E-state index in [4.69, 9.17) is 11.6 Å². The van der Waals surface area contributed by atoms with Crippen molar-refractivity contribution in [2.75, 3.05) is 10.2 Å². The van der Waals surface area contributed by atoms with Crippen LogP contribution < -0.4 is 10.2 Å². The zero-order chi connectivity index (χ0) is 16.6. The number of hydrogen-bond acceptors (Lipinski definition) is 3. The van der Waals surface area contributed by atoms with Gasteiger partial charge in [0.25, 0.3) is 5.91 Å². The summed E-state index contributed by atoms with van der Waals surface area (Å²) in [5.74, 6) is -1.31. The van der Waals surface area contributed by atoms with Crippen molar-refractivity contribution < 1.29 is 14.0 Å². The Labute approximate surface area is 137 Å². The number of amides is 2. The lowest BCUT2D eigenvalue weighted by Crippen LogP contribution is -2.34. The number of carbonyl (C=O) groups excluding carboxylic acids is 2. The van der Waals surface area contributed by atoms with Crippen molar-refractivity contribution in [2.24, 2.45) is 0 Å². The third-order valence-corrected chi connectivity index (χ3v) is 3.96. The van der Waals surface area contributed by atoms with Gasteiger partial charge >= 0.3 is 0 Å². The Morgan fingerprint density at radius 1 is 1.22 bits per heavy atom. The molecule has 0 aromatic heterocycles. The van der Waals surface area contributed by atoms with E-state index >= 15 is 0 Å². The van der Waals surface area contributed by atoms with E-state index < -0.39 is 11.9 Å². The van der Waals surface area contributed by atoms with Gasteiger partial charge in [-0.15, -0.1) is 0 Å². The molecule has 1 aliphatic heterocycles. The number of nitrogens with zero attached hydrogens (tertiary/aromatic N) is 1. The normalized spacial score (nSPS) is 17.7. The fraction of sp³-hybridized carbons (Fsp3) is 0.176. The molecule has 3 rings (SSSR count). The molecule has 1 fully saturated rings. The Morgan fingerprint density at radius 3 is 2.70 bits per heavy atom. The zero-order valence-electron chi connectivity index (χ0n) is 12.3. The summed E-state index contributed by atoms with van der Waals surface area (Å²) >= 11 is 5.73. The van der Waals surface area contributed by atoms with Gasteiger partial charge in [0, 0.05) is 5.69 Å². The molecule has 6 heteroatoms. The molecule has 0 bridgehead atoms. The first-order valence-electron chi connectivity index (χ1n) is 7.11. The lowest BCUT2D eigenvalue weighted by Gasteiger charge is -2.16. The summed E-state index contributed by atoms with van der Waals surface area (Å²) in [6.45, 7) is 1.94. The van der Waals surface area contributed by atoms with Crippen LogP contribution in [0.5, 0.6) is 0 Å².